The van der Waals surface area contributed by atoms with Crippen LogP contribution < -0.4 is 10.1 Å². The molecule has 114 valence electrons. The average molecular weight is 307 g/mol. The van der Waals surface area contributed by atoms with Crippen LogP contribution in [0.3, 0.4) is 0 Å². The zero-order valence-corrected chi connectivity index (χ0v) is 13.4. The predicted molar refractivity (Wildman–Crippen MR) is 86.6 cm³/mol. The summed E-state index contributed by atoms with van der Waals surface area (Å²) in [7, 11) is -1.14. The third kappa shape index (κ3) is 3.95. The molecule has 0 aliphatic carbocycles. The average Bonchev–Trinajstić information content (AvgIpc) is 2.45. The van der Waals surface area contributed by atoms with Crippen molar-refractivity contribution in [3.63, 3.8) is 0 Å². The van der Waals surface area contributed by atoms with Crippen molar-refractivity contribution in [1.29, 1.82) is 0 Å². The van der Waals surface area contributed by atoms with Crippen molar-refractivity contribution in [3.05, 3.63) is 42.0 Å². The largest absolute Gasteiger partial charge is 0.492 e. The number of sulfone groups is 1. The molecular formula is C16H21NO3S. The molecule has 2 aromatic rings. The zero-order valence-electron chi connectivity index (χ0n) is 12.6. The Bertz CT molecular complexity index is 725. The SMILES string of the molecule is CNC(C)c1ccc2ccccc2c1OCCS(C)(=O)=O. The number of nitrogens with one attached hydrogen (secondary N) is 1. The molecule has 5 heteroatoms. The Kier molecular flexibility index (Phi) is 4.85. The van der Waals surface area contributed by atoms with Crippen molar-refractivity contribution in [1.82, 2.24) is 5.32 Å². The van der Waals surface area contributed by atoms with Crippen molar-refractivity contribution in [2.75, 3.05) is 25.7 Å². The summed E-state index contributed by atoms with van der Waals surface area (Å²) in [5.41, 5.74) is 1.03. The van der Waals surface area contributed by atoms with E-state index >= 15 is 0 Å². The van der Waals surface area contributed by atoms with E-state index in [-0.39, 0.29) is 18.4 Å². The van der Waals surface area contributed by atoms with Gasteiger partial charge < -0.3 is 10.1 Å². The molecule has 0 saturated carbocycles. The maximum atomic E-state index is 11.3. The third-order valence-electron chi connectivity index (χ3n) is 3.51. The smallest absolute Gasteiger partial charge is 0.150 e. The monoisotopic (exact) mass is 307 g/mol. The molecule has 0 amide bonds. The Balaban J connectivity index is 2.41. The summed E-state index contributed by atoms with van der Waals surface area (Å²) in [4.78, 5) is 0. The molecule has 0 bridgehead atoms. The highest BCUT2D eigenvalue weighted by molar-refractivity contribution is 7.90. The third-order valence-corrected chi connectivity index (χ3v) is 4.42. The van der Waals surface area contributed by atoms with Crippen LogP contribution in [-0.4, -0.2) is 34.1 Å². The normalized spacial score (nSPS) is 13.3. The first-order valence-corrected chi connectivity index (χ1v) is 8.98. The Morgan fingerprint density at radius 1 is 1.19 bits per heavy atom. The van der Waals surface area contributed by atoms with Gasteiger partial charge in [0.05, 0.1) is 5.75 Å². The fourth-order valence-corrected chi connectivity index (χ4v) is 2.60. The van der Waals surface area contributed by atoms with E-state index in [1.54, 1.807) is 0 Å². The molecule has 2 aromatic carbocycles. The second-order valence-electron chi connectivity index (χ2n) is 5.19. The number of rotatable bonds is 6. The van der Waals surface area contributed by atoms with Gasteiger partial charge in [-0.3, -0.25) is 0 Å². The number of hydrogen-bond acceptors (Lipinski definition) is 4. The number of fused-ring (bicyclic) bond motifs is 1. The van der Waals surface area contributed by atoms with Gasteiger partial charge in [0.25, 0.3) is 0 Å². The van der Waals surface area contributed by atoms with Crippen molar-refractivity contribution in [2.45, 2.75) is 13.0 Å². The summed E-state index contributed by atoms with van der Waals surface area (Å²) in [5.74, 6) is 0.780. The van der Waals surface area contributed by atoms with Crippen molar-refractivity contribution in [2.24, 2.45) is 0 Å². The highest BCUT2D eigenvalue weighted by Crippen LogP contribution is 2.33. The summed E-state index contributed by atoms with van der Waals surface area (Å²) in [6, 6.07) is 12.2. The molecule has 1 unspecified atom stereocenters. The van der Waals surface area contributed by atoms with E-state index in [1.807, 2.05) is 44.3 Å². The minimum Gasteiger partial charge on any atom is -0.492 e. The minimum absolute atomic E-state index is 0.0175. The van der Waals surface area contributed by atoms with Gasteiger partial charge in [-0.15, -0.1) is 0 Å². The lowest BCUT2D eigenvalue weighted by Crippen LogP contribution is -2.16. The zero-order chi connectivity index (χ0) is 15.5. The lowest BCUT2D eigenvalue weighted by Gasteiger charge is -2.18. The van der Waals surface area contributed by atoms with Crippen molar-refractivity contribution >= 4 is 20.6 Å². The van der Waals surface area contributed by atoms with E-state index in [9.17, 15) is 8.42 Å². The maximum absolute atomic E-state index is 11.3. The standard InChI is InChI=1S/C16H21NO3S/c1-12(17-2)14-9-8-13-6-4-5-7-15(13)16(14)20-10-11-21(3,18)19/h4-9,12,17H,10-11H2,1-3H3. The van der Waals surface area contributed by atoms with Crippen LogP contribution in [0, 0.1) is 0 Å². The Labute approximate surface area is 126 Å². The first-order valence-electron chi connectivity index (χ1n) is 6.92. The second-order valence-corrected chi connectivity index (χ2v) is 7.45. The molecule has 0 radical (unpaired) electrons. The van der Waals surface area contributed by atoms with Crippen LogP contribution in [0.1, 0.15) is 18.5 Å². The van der Waals surface area contributed by atoms with Crippen LogP contribution in [-0.2, 0) is 9.84 Å². The molecule has 1 N–H and O–H groups in total. The van der Waals surface area contributed by atoms with Gasteiger partial charge in [0.15, 0.2) is 9.84 Å². The molecule has 21 heavy (non-hydrogen) atoms. The molecule has 0 fully saturated rings. The lowest BCUT2D eigenvalue weighted by molar-refractivity contribution is 0.338. The molecule has 0 aromatic heterocycles. The topological polar surface area (TPSA) is 55.4 Å². The molecule has 4 nitrogen and oxygen atoms in total. The van der Waals surface area contributed by atoms with E-state index in [4.69, 9.17) is 4.74 Å². The molecule has 1 atom stereocenters. The second kappa shape index (κ2) is 6.45. The fraction of sp³-hybridized carbons (Fsp3) is 0.375. The van der Waals surface area contributed by atoms with Crippen molar-refractivity contribution in [3.8, 4) is 5.75 Å². The lowest BCUT2D eigenvalue weighted by atomic mass is 10.0. The molecule has 0 aliphatic heterocycles. The Hall–Kier alpha value is -1.59. The van der Waals surface area contributed by atoms with Gasteiger partial charge in [0.2, 0.25) is 0 Å². The number of benzene rings is 2. The Morgan fingerprint density at radius 3 is 2.57 bits per heavy atom. The first kappa shape index (κ1) is 15.8. The summed E-state index contributed by atoms with van der Waals surface area (Å²) in [6.07, 6.45) is 1.22. The predicted octanol–water partition coefficient (Wildman–Crippen LogP) is 2.54. The van der Waals surface area contributed by atoms with E-state index in [1.165, 1.54) is 6.26 Å². The first-order chi connectivity index (χ1) is 9.92. The maximum Gasteiger partial charge on any atom is 0.150 e. The molecule has 0 spiro atoms. The van der Waals surface area contributed by atoms with E-state index in [2.05, 4.69) is 11.4 Å². The van der Waals surface area contributed by atoms with E-state index in [0.29, 0.717) is 0 Å². The quantitative estimate of drug-likeness (QED) is 0.891. The summed E-state index contributed by atoms with van der Waals surface area (Å²) >= 11 is 0. The molecular weight excluding hydrogens is 286 g/mol. The molecule has 0 aliphatic rings. The van der Waals surface area contributed by atoms with Crippen LogP contribution in [0.15, 0.2) is 36.4 Å². The van der Waals surface area contributed by atoms with Crippen LogP contribution in [0.5, 0.6) is 5.75 Å². The van der Waals surface area contributed by atoms with Gasteiger partial charge in [0, 0.05) is 23.2 Å². The van der Waals surface area contributed by atoms with Crippen LogP contribution >= 0.6 is 0 Å². The summed E-state index contributed by atoms with van der Waals surface area (Å²) in [5, 5.41) is 5.28. The van der Waals surface area contributed by atoms with Crippen LogP contribution in [0.4, 0.5) is 0 Å². The van der Waals surface area contributed by atoms with Crippen LogP contribution in [0.2, 0.25) is 0 Å². The van der Waals surface area contributed by atoms with Crippen LogP contribution in [0.25, 0.3) is 10.8 Å². The van der Waals surface area contributed by atoms with Crippen molar-refractivity contribution < 1.29 is 13.2 Å². The summed E-state index contributed by atoms with van der Waals surface area (Å²) < 4.78 is 28.4. The minimum atomic E-state index is -3.03. The van der Waals surface area contributed by atoms with Gasteiger partial charge in [-0.05, 0) is 19.4 Å². The number of hydrogen-bond donors (Lipinski definition) is 1. The van der Waals surface area contributed by atoms with Gasteiger partial charge in [0.1, 0.15) is 12.4 Å². The summed E-state index contributed by atoms with van der Waals surface area (Å²) in [6.45, 7) is 2.21. The highest BCUT2D eigenvalue weighted by Gasteiger charge is 2.14. The van der Waals surface area contributed by atoms with E-state index < -0.39 is 9.84 Å². The molecule has 0 saturated heterocycles. The fourth-order valence-electron chi connectivity index (χ4n) is 2.21. The van der Waals surface area contributed by atoms with E-state index in [0.717, 1.165) is 22.1 Å². The molecule has 0 heterocycles. The van der Waals surface area contributed by atoms with Gasteiger partial charge in [-0.2, -0.15) is 0 Å². The highest BCUT2D eigenvalue weighted by atomic mass is 32.2. The molecule has 2 rings (SSSR count). The van der Waals surface area contributed by atoms with Gasteiger partial charge in [-0.25, -0.2) is 8.42 Å². The number of ether oxygens (including phenoxy) is 1. The van der Waals surface area contributed by atoms with Gasteiger partial charge in [-0.1, -0.05) is 36.4 Å². The Morgan fingerprint density at radius 2 is 1.90 bits per heavy atom. The van der Waals surface area contributed by atoms with Gasteiger partial charge >= 0.3 is 0 Å².